The third-order valence-corrected chi connectivity index (χ3v) is 3.02. The van der Waals surface area contributed by atoms with Gasteiger partial charge in [0.1, 0.15) is 0 Å². The van der Waals surface area contributed by atoms with Crippen LogP contribution in [0.15, 0.2) is 24.3 Å². The van der Waals surface area contributed by atoms with Crippen molar-refractivity contribution >= 4 is 17.5 Å². The van der Waals surface area contributed by atoms with E-state index in [9.17, 15) is 4.79 Å². The van der Waals surface area contributed by atoms with Gasteiger partial charge < -0.3 is 15.8 Å². The first-order valence-electron chi connectivity index (χ1n) is 6.32. The Balaban J connectivity index is 2.42. The molecule has 0 aliphatic carbocycles. The molecule has 0 heterocycles. The molecule has 4 nitrogen and oxygen atoms in total. The van der Waals surface area contributed by atoms with Crippen LogP contribution in [0, 0.1) is 0 Å². The summed E-state index contributed by atoms with van der Waals surface area (Å²) in [6, 6.07) is 7.10. The lowest BCUT2D eigenvalue weighted by Gasteiger charge is -2.17. The van der Waals surface area contributed by atoms with E-state index in [0.29, 0.717) is 18.1 Å². The molecule has 1 aromatic carbocycles. The largest absolute Gasteiger partial charge is 0.385 e. The molecule has 106 valence electrons. The summed E-state index contributed by atoms with van der Waals surface area (Å²) in [7, 11) is 1.59. The van der Waals surface area contributed by atoms with Crippen molar-refractivity contribution in [2.24, 2.45) is 5.73 Å². The van der Waals surface area contributed by atoms with Crippen LogP contribution in [-0.4, -0.2) is 31.7 Å². The second kappa shape index (κ2) is 8.15. The minimum absolute atomic E-state index is 0.0135. The molecular formula is C14H21ClN2O2. The van der Waals surface area contributed by atoms with Gasteiger partial charge in [0, 0.05) is 24.8 Å². The van der Waals surface area contributed by atoms with Crippen LogP contribution < -0.4 is 11.1 Å². The molecule has 0 radical (unpaired) electrons. The molecule has 0 saturated heterocycles. The molecule has 3 N–H and O–H groups in total. The molecule has 0 saturated carbocycles. The lowest BCUT2D eigenvalue weighted by molar-refractivity contribution is -0.123. The molecule has 19 heavy (non-hydrogen) atoms. The van der Waals surface area contributed by atoms with Crippen molar-refractivity contribution in [3.05, 3.63) is 34.9 Å². The van der Waals surface area contributed by atoms with Crippen molar-refractivity contribution in [3.63, 3.8) is 0 Å². The van der Waals surface area contributed by atoms with E-state index < -0.39 is 6.04 Å². The summed E-state index contributed by atoms with van der Waals surface area (Å²) < 4.78 is 4.90. The molecule has 5 heteroatoms. The third-order valence-electron chi connectivity index (χ3n) is 2.79. The Kier molecular flexibility index (Phi) is 6.84. The average molecular weight is 285 g/mol. The zero-order valence-corrected chi connectivity index (χ0v) is 12.1. The van der Waals surface area contributed by atoms with Gasteiger partial charge in [0.15, 0.2) is 0 Å². The predicted octanol–water partition coefficient (Wildman–Crippen LogP) is 1.75. The fourth-order valence-electron chi connectivity index (χ4n) is 1.79. The SMILES string of the molecule is COCCC(N)C(=O)NC(C)Cc1cccc(Cl)c1. The van der Waals surface area contributed by atoms with E-state index >= 15 is 0 Å². The van der Waals surface area contributed by atoms with Crippen molar-refractivity contribution < 1.29 is 9.53 Å². The third kappa shape index (κ3) is 6.05. The number of benzene rings is 1. The average Bonchev–Trinajstić information content (AvgIpc) is 2.35. The maximum atomic E-state index is 11.8. The topological polar surface area (TPSA) is 64.3 Å². The first kappa shape index (κ1) is 16.0. The highest BCUT2D eigenvalue weighted by molar-refractivity contribution is 6.30. The van der Waals surface area contributed by atoms with Crippen LogP contribution >= 0.6 is 11.6 Å². The van der Waals surface area contributed by atoms with Crippen LogP contribution in [0.25, 0.3) is 0 Å². The predicted molar refractivity (Wildman–Crippen MR) is 77.2 cm³/mol. The minimum Gasteiger partial charge on any atom is -0.385 e. The Bertz CT molecular complexity index is 412. The molecule has 0 bridgehead atoms. The first-order chi connectivity index (χ1) is 9.02. The van der Waals surface area contributed by atoms with E-state index in [2.05, 4.69) is 5.32 Å². The minimum atomic E-state index is -0.526. The van der Waals surface area contributed by atoms with Gasteiger partial charge in [-0.2, -0.15) is 0 Å². The zero-order valence-electron chi connectivity index (χ0n) is 11.4. The fourth-order valence-corrected chi connectivity index (χ4v) is 2.01. The van der Waals surface area contributed by atoms with Crippen LogP contribution in [0.1, 0.15) is 18.9 Å². The van der Waals surface area contributed by atoms with E-state index in [0.717, 1.165) is 12.0 Å². The molecule has 2 unspecified atom stereocenters. The van der Waals surface area contributed by atoms with Crippen LogP contribution in [0.5, 0.6) is 0 Å². The van der Waals surface area contributed by atoms with E-state index in [1.165, 1.54) is 0 Å². The monoisotopic (exact) mass is 284 g/mol. The summed E-state index contributed by atoms with van der Waals surface area (Å²) in [5.41, 5.74) is 6.84. The number of carbonyl (C=O) groups excluding carboxylic acids is 1. The van der Waals surface area contributed by atoms with Crippen LogP contribution in [0.3, 0.4) is 0 Å². The highest BCUT2D eigenvalue weighted by Crippen LogP contribution is 2.12. The fraction of sp³-hybridized carbons (Fsp3) is 0.500. The molecule has 2 atom stereocenters. The molecule has 0 fully saturated rings. The molecular weight excluding hydrogens is 264 g/mol. The Morgan fingerprint density at radius 3 is 2.89 bits per heavy atom. The molecule has 1 rings (SSSR count). The maximum Gasteiger partial charge on any atom is 0.237 e. The first-order valence-corrected chi connectivity index (χ1v) is 6.70. The Morgan fingerprint density at radius 1 is 1.53 bits per heavy atom. The number of hydrogen-bond acceptors (Lipinski definition) is 3. The van der Waals surface area contributed by atoms with Crippen molar-refractivity contribution in [1.82, 2.24) is 5.32 Å². The van der Waals surface area contributed by atoms with Crippen LogP contribution in [0.2, 0.25) is 5.02 Å². The number of amides is 1. The standard InChI is InChI=1S/C14H21ClN2O2/c1-10(8-11-4-3-5-12(15)9-11)17-14(18)13(16)6-7-19-2/h3-5,9-10,13H,6-8,16H2,1-2H3,(H,17,18). The molecule has 0 aromatic heterocycles. The summed E-state index contributed by atoms with van der Waals surface area (Å²) in [5, 5.41) is 3.60. The van der Waals surface area contributed by atoms with E-state index in [4.69, 9.17) is 22.1 Å². The highest BCUT2D eigenvalue weighted by atomic mass is 35.5. The van der Waals surface area contributed by atoms with E-state index in [1.54, 1.807) is 7.11 Å². The van der Waals surface area contributed by atoms with Gasteiger partial charge in [0.05, 0.1) is 6.04 Å². The van der Waals surface area contributed by atoms with Crippen molar-refractivity contribution in [1.29, 1.82) is 0 Å². The molecule has 0 aliphatic rings. The number of nitrogens with one attached hydrogen (secondary N) is 1. The molecule has 0 spiro atoms. The smallest absolute Gasteiger partial charge is 0.237 e. The van der Waals surface area contributed by atoms with Crippen molar-refractivity contribution in [2.45, 2.75) is 31.8 Å². The number of methoxy groups -OCH3 is 1. The van der Waals surface area contributed by atoms with Gasteiger partial charge in [-0.1, -0.05) is 23.7 Å². The lowest BCUT2D eigenvalue weighted by Crippen LogP contribution is -2.45. The Morgan fingerprint density at radius 2 is 2.26 bits per heavy atom. The molecule has 0 aliphatic heterocycles. The Labute approximate surface area is 119 Å². The number of rotatable bonds is 7. The van der Waals surface area contributed by atoms with Gasteiger partial charge in [-0.15, -0.1) is 0 Å². The normalized spacial score (nSPS) is 13.9. The Hall–Kier alpha value is -1.10. The second-order valence-electron chi connectivity index (χ2n) is 4.63. The number of hydrogen-bond donors (Lipinski definition) is 2. The van der Waals surface area contributed by atoms with E-state index in [1.807, 2.05) is 31.2 Å². The van der Waals surface area contributed by atoms with Gasteiger partial charge in [0.25, 0.3) is 0 Å². The van der Waals surface area contributed by atoms with Gasteiger partial charge in [-0.3, -0.25) is 4.79 Å². The number of nitrogens with two attached hydrogens (primary N) is 1. The molecule has 1 aromatic rings. The van der Waals surface area contributed by atoms with Crippen molar-refractivity contribution in [3.8, 4) is 0 Å². The maximum absolute atomic E-state index is 11.8. The molecule has 1 amide bonds. The van der Waals surface area contributed by atoms with Gasteiger partial charge in [0.2, 0.25) is 5.91 Å². The number of carbonyl (C=O) groups is 1. The quantitative estimate of drug-likeness (QED) is 0.802. The van der Waals surface area contributed by atoms with Gasteiger partial charge in [-0.25, -0.2) is 0 Å². The lowest BCUT2D eigenvalue weighted by atomic mass is 10.1. The summed E-state index contributed by atoms with van der Waals surface area (Å²) in [6.07, 6.45) is 1.25. The van der Waals surface area contributed by atoms with Crippen LogP contribution in [0.4, 0.5) is 0 Å². The van der Waals surface area contributed by atoms with Crippen molar-refractivity contribution in [2.75, 3.05) is 13.7 Å². The zero-order chi connectivity index (χ0) is 14.3. The summed E-state index contributed by atoms with van der Waals surface area (Å²) in [6.45, 7) is 2.43. The van der Waals surface area contributed by atoms with Gasteiger partial charge >= 0.3 is 0 Å². The summed E-state index contributed by atoms with van der Waals surface area (Å²) >= 11 is 5.92. The van der Waals surface area contributed by atoms with Crippen LogP contribution in [-0.2, 0) is 16.0 Å². The highest BCUT2D eigenvalue weighted by Gasteiger charge is 2.15. The summed E-state index contributed by atoms with van der Waals surface area (Å²) in [5.74, 6) is -0.147. The number of ether oxygens (including phenoxy) is 1. The second-order valence-corrected chi connectivity index (χ2v) is 5.07. The van der Waals surface area contributed by atoms with E-state index in [-0.39, 0.29) is 11.9 Å². The van der Waals surface area contributed by atoms with Gasteiger partial charge in [-0.05, 0) is 37.5 Å². The summed E-state index contributed by atoms with van der Waals surface area (Å²) in [4.78, 5) is 11.8. The number of halogens is 1.